The summed E-state index contributed by atoms with van der Waals surface area (Å²) in [5.41, 5.74) is 6.16. The molecule has 0 aliphatic rings. The molecule has 2 aromatic carbocycles. The molecule has 3 aromatic rings. The number of fused-ring (bicyclic) bond motifs is 1. The molecule has 0 fully saturated rings. The minimum absolute atomic E-state index is 0.0167. The Morgan fingerprint density at radius 2 is 1.59 bits per heavy atom. The predicted octanol–water partition coefficient (Wildman–Crippen LogP) is 2.41. The van der Waals surface area contributed by atoms with Crippen LogP contribution in [0.1, 0.15) is 34.6 Å². The zero-order valence-electron chi connectivity index (χ0n) is 14.5. The van der Waals surface area contributed by atoms with Gasteiger partial charge in [-0.15, -0.1) is 0 Å². The van der Waals surface area contributed by atoms with Crippen LogP contribution in [0.5, 0.6) is 0 Å². The van der Waals surface area contributed by atoms with Crippen LogP contribution in [-0.4, -0.2) is 34.2 Å². The Morgan fingerprint density at radius 3 is 2.19 bits per heavy atom. The zero-order chi connectivity index (χ0) is 19.9. The fraction of sp³-hybridized carbons (Fsp3) is 0.167. The number of anilines is 1. The van der Waals surface area contributed by atoms with E-state index in [9.17, 15) is 22.4 Å². The molecule has 7 nitrogen and oxygen atoms in total. The van der Waals surface area contributed by atoms with Crippen LogP contribution in [0.25, 0.3) is 11.0 Å². The van der Waals surface area contributed by atoms with Gasteiger partial charge in [-0.3, -0.25) is 9.59 Å². The van der Waals surface area contributed by atoms with E-state index < -0.39 is 32.7 Å². The monoisotopic (exact) mass is 389 g/mol. The predicted molar refractivity (Wildman–Crippen MR) is 98.7 cm³/mol. The van der Waals surface area contributed by atoms with Crippen molar-refractivity contribution in [2.45, 2.75) is 19.1 Å². The van der Waals surface area contributed by atoms with Crippen molar-refractivity contribution >= 4 is 38.6 Å². The van der Waals surface area contributed by atoms with Gasteiger partial charge >= 0.3 is 0 Å². The molecule has 0 aliphatic carbocycles. The number of nitrogen functional groups attached to an aromatic ring is 1. The standard InChI is InChI=1S/C18H16FN3O4S/c1-10(2)27(25,26)22-15-9-12(5-8-14(15)21-18(22)20)17(24)16(23)11-3-6-13(19)7-4-11/h3-10H,1-2H3,(H2,20,21). The van der Waals surface area contributed by atoms with Crippen molar-refractivity contribution in [2.75, 3.05) is 5.73 Å². The van der Waals surface area contributed by atoms with E-state index in [1.807, 2.05) is 0 Å². The molecular weight excluding hydrogens is 373 g/mol. The van der Waals surface area contributed by atoms with Crippen molar-refractivity contribution in [3.63, 3.8) is 0 Å². The number of rotatable bonds is 5. The summed E-state index contributed by atoms with van der Waals surface area (Å²) in [5.74, 6) is -2.44. The molecule has 0 radical (unpaired) electrons. The molecule has 0 saturated carbocycles. The van der Waals surface area contributed by atoms with E-state index in [4.69, 9.17) is 5.73 Å². The number of carbonyl (C=O) groups is 2. The Balaban J connectivity index is 2.10. The Kier molecular flexibility index (Phi) is 4.56. The molecule has 27 heavy (non-hydrogen) atoms. The van der Waals surface area contributed by atoms with Crippen molar-refractivity contribution < 1.29 is 22.4 Å². The van der Waals surface area contributed by atoms with E-state index in [1.54, 1.807) is 0 Å². The number of benzene rings is 2. The molecule has 0 amide bonds. The minimum Gasteiger partial charge on any atom is -0.368 e. The molecule has 1 heterocycles. The van der Waals surface area contributed by atoms with Gasteiger partial charge in [0.05, 0.1) is 16.3 Å². The summed E-state index contributed by atoms with van der Waals surface area (Å²) in [6.45, 7) is 2.99. The van der Waals surface area contributed by atoms with Gasteiger partial charge < -0.3 is 5.73 Å². The van der Waals surface area contributed by atoms with Gasteiger partial charge in [0.2, 0.25) is 27.5 Å². The molecule has 0 atom stereocenters. The number of halogens is 1. The lowest BCUT2D eigenvalue weighted by molar-refractivity contribution is 0.0817. The van der Waals surface area contributed by atoms with Gasteiger partial charge in [0.15, 0.2) is 0 Å². The van der Waals surface area contributed by atoms with Crippen molar-refractivity contribution in [1.82, 2.24) is 8.96 Å². The summed E-state index contributed by atoms with van der Waals surface area (Å²) >= 11 is 0. The maximum atomic E-state index is 13.0. The highest BCUT2D eigenvalue weighted by molar-refractivity contribution is 7.90. The number of carbonyl (C=O) groups excluding carboxylic acids is 2. The SMILES string of the molecule is CC(C)S(=O)(=O)n1c(N)nc2ccc(C(=O)C(=O)c3ccc(F)cc3)cc21. The van der Waals surface area contributed by atoms with Gasteiger partial charge in [-0.1, -0.05) is 0 Å². The van der Waals surface area contributed by atoms with E-state index in [1.165, 1.54) is 44.2 Å². The Labute approximate surface area is 154 Å². The van der Waals surface area contributed by atoms with Gasteiger partial charge in [0, 0.05) is 11.1 Å². The highest BCUT2D eigenvalue weighted by atomic mass is 32.2. The van der Waals surface area contributed by atoms with E-state index in [2.05, 4.69) is 4.98 Å². The number of aromatic nitrogens is 2. The van der Waals surface area contributed by atoms with Gasteiger partial charge in [0.1, 0.15) is 5.82 Å². The molecule has 0 spiro atoms. The number of nitrogens with two attached hydrogens (primary N) is 1. The van der Waals surface area contributed by atoms with E-state index in [0.717, 1.165) is 16.1 Å². The van der Waals surface area contributed by atoms with Crippen molar-refractivity contribution in [3.8, 4) is 0 Å². The third kappa shape index (κ3) is 3.21. The molecule has 3 rings (SSSR count). The summed E-state index contributed by atoms with van der Waals surface area (Å²) in [6, 6.07) is 8.62. The first kappa shape index (κ1) is 18.7. The lowest BCUT2D eigenvalue weighted by Crippen LogP contribution is -2.24. The van der Waals surface area contributed by atoms with Crippen LogP contribution < -0.4 is 5.73 Å². The molecule has 0 unspecified atom stereocenters. The van der Waals surface area contributed by atoms with Crippen molar-refractivity contribution in [3.05, 3.63) is 59.4 Å². The number of imidazole rings is 1. The summed E-state index contributed by atoms with van der Waals surface area (Å²) in [7, 11) is -3.82. The quantitative estimate of drug-likeness (QED) is 0.530. The summed E-state index contributed by atoms with van der Waals surface area (Å²) in [6.07, 6.45) is 0. The topological polar surface area (TPSA) is 112 Å². The maximum Gasteiger partial charge on any atom is 0.244 e. The molecule has 140 valence electrons. The fourth-order valence-corrected chi connectivity index (χ4v) is 3.70. The van der Waals surface area contributed by atoms with Crippen LogP contribution in [0.2, 0.25) is 0 Å². The second-order valence-corrected chi connectivity index (χ2v) is 8.53. The van der Waals surface area contributed by atoms with E-state index >= 15 is 0 Å². The average Bonchev–Trinajstić information content (AvgIpc) is 2.96. The van der Waals surface area contributed by atoms with E-state index in [-0.39, 0.29) is 28.1 Å². The Morgan fingerprint density at radius 1 is 1.04 bits per heavy atom. The molecular formula is C18H16FN3O4S. The third-order valence-corrected chi connectivity index (χ3v) is 6.15. The van der Waals surface area contributed by atoms with Crippen molar-refractivity contribution in [2.24, 2.45) is 0 Å². The maximum absolute atomic E-state index is 13.0. The van der Waals surface area contributed by atoms with Crippen LogP contribution in [0, 0.1) is 5.82 Å². The molecule has 0 saturated heterocycles. The Hall–Kier alpha value is -3.07. The molecule has 9 heteroatoms. The van der Waals surface area contributed by atoms with Crippen LogP contribution in [0.15, 0.2) is 42.5 Å². The molecule has 1 aromatic heterocycles. The summed E-state index contributed by atoms with van der Waals surface area (Å²) < 4.78 is 39.0. The van der Waals surface area contributed by atoms with Gasteiger partial charge in [-0.2, -0.15) is 0 Å². The summed E-state index contributed by atoms with van der Waals surface area (Å²) in [5, 5.41) is -0.766. The smallest absolute Gasteiger partial charge is 0.244 e. The average molecular weight is 389 g/mol. The highest BCUT2D eigenvalue weighted by Gasteiger charge is 2.26. The first-order chi connectivity index (χ1) is 12.6. The number of hydrogen-bond acceptors (Lipinski definition) is 6. The Bertz CT molecular complexity index is 1170. The fourth-order valence-electron chi connectivity index (χ4n) is 2.56. The number of hydrogen-bond donors (Lipinski definition) is 1. The lowest BCUT2D eigenvalue weighted by Gasteiger charge is -2.11. The van der Waals surface area contributed by atoms with Gasteiger partial charge in [0.25, 0.3) is 0 Å². The van der Waals surface area contributed by atoms with Crippen LogP contribution in [0.4, 0.5) is 10.3 Å². The first-order valence-electron chi connectivity index (χ1n) is 8.00. The number of Topliss-reactive ketones (excluding diaryl/α,β-unsaturated/α-hetero) is 2. The summed E-state index contributed by atoms with van der Waals surface area (Å²) in [4.78, 5) is 28.9. The van der Waals surface area contributed by atoms with Gasteiger partial charge in [-0.05, 0) is 56.3 Å². The van der Waals surface area contributed by atoms with Crippen LogP contribution in [0.3, 0.4) is 0 Å². The molecule has 2 N–H and O–H groups in total. The third-order valence-electron chi connectivity index (χ3n) is 4.06. The van der Waals surface area contributed by atoms with Crippen LogP contribution >= 0.6 is 0 Å². The molecule has 0 bridgehead atoms. The number of ketones is 2. The molecule has 0 aliphatic heterocycles. The number of nitrogens with zero attached hydrogens (tertiary/aromatic N) is 2. The minimum atomic E-state index is -3.82. The first-order valence-corrected chi connectivity index (χ1v) is 9.50. The largest absolute Gasteiger partial charge is 0.368 e. The highest BCUT2D eigenvalue weighted by Crippen LogP contribution is 2.24. The second kappa shape index (κ2) is 6.58. The van der Waals surface area contributed by atoms with Crippen LogP contribution in [-0.2, 0) is 10.0 Å². The second-order valence-electron chi connectivity index (χ2n) is 6.20. The zero-order valence-corrected chi connectivity index (χ0v) is 15.3. The van der Waals surface area contributed by atoms with Crippen molar-refractivity contribution in [1.29, 1.82) is 0 Å². The normalized spacial score (nSPS) is 11.9. The lowest BCUT2D eigenvalue weighted by atomic mass is 10.0. The van der Waals surface area contributed by atoms with Gasteiger partial charge in [-0.25, -0.2) is 21.8 Å². The van der Waals surface area contributed by atoms with E-state index in [0.29, 0.717) is 0 Å².